The lowest BCUT2D eigenvalue weighted by molar-refractivity contribution is 0.226. The van der Waals surface area contributed by atoms with Crippen molar-refractivity contribution in [1.82, 2.24) is 9.88 Å². The fourth-order valence-corrected chi connectivity index (χ4v) is 2.34. The second-order valence-corrected chi connectivity index (χ2v) is 4.65. The van der Waals surface area contributed by atoms with Crippen LogP contribution in [0.3, 0.4) is 0 Å². The van der Waals surface area contributed by atoms with Gasteiger partial charge in [-0.1, -0.05) is 6.92 Å². The van der Waals surface area contributed by atoms with Crippen molar-refractivity contribution in [2.75, 3.05) is 30.7 Å². The molecule has 96 valence electrons. The number of hydrogen-bond donors (Lipinski definition) is 2. The minimum atomic E-state index is 0.363. The average molecular weight is 245 g/mol. The highest BCUT2D eigenvalue weighted by Crippen LogP contribution is 2.19. The van der Waals surface area contributed by atoms with E-state index in [1.54, 1.807) is 12.3 Å². The van der Waals surface area contributed by atoms with Crippen molar-refractivity contribution in [2.45, 2.75) is 25.8 Å². The summed E-state index contributed by atoms with van der Waals surface area (Å²) < 4.78 is 0. The van der Waals surface area contributed by atoms with Crippen molar-refractivity contribution in [3.63, 3.8) is 0 Å². The predicted molar refractivity (Wildman–Crippen MR) is 72.1 cm³/mol. The van der Waals surface area contributed by atoms with Crippen LogP contribution in [-0.2, 0) is 0 Å². The molecule has 0 bridgehead atoms. The number of piperidine rings is 1. The number of nitriles is 1. The van der Waals surface area contributed by atoms with Gasteiger partial charge in [-0.3, -0.25) is 0 Å². The molecule has 0 aromatic carbocycles. The molecule has 1 unspecified atom stereocenters. The van der Waals surface area contributed by atoms with Crippen molar-refractivity contribution >= 4 is 11.5 Å². The maximum absolute atomic E-state index is 9.07. The lowest BCUT2D eigenvalue weighted by Crippen LogP contribution is -2.42. The van der Waals surface area contributed by atoms with Crippen molar-refractivity contribution in [1.29, 1.82) is 5.26 Å². The molecule has 1 saturated heterocycles. The van der Waals surface area contributed by atoms with E-state index in [-0.39, 0.29) is 0 Å². The Morgan fingerprint density at radius 2 is 2.50 bits per heavy atom. The maximum Gasteiger partial charge on any atom is 0.144 e. The van der Waals surface area contributed by atoms with Crippen LogP contribution >= 0.6 is 0 Å². The van der Waals surface area contributed by atoms with Crippen LogP contribution in [0.5, 0.6) is 0 Å². The van der Waals surface area contributed by atoms with E-state index >= 15 is 0 Å². The number of nitrogen functional groups attached to an aromatic ring is 1. The lowest BCUT2D eigenvalue weighted by Gasteiger charge is -2.32. The maximum atomic E-state index is 9.07. The Bertz CT molecular complexity index is 451. The standard InChI is InChI=1S/C13H19N5/c1-2-18-5-3-4-12(9-18)17-13-10(7-14)6-11(15)8-16-13/h6,8,12H,2-5,9,15H2,1H3,(H,16,17). The molecule has 5 heteroatoms. The zero-order valence-corrected chi connectivity index (χ0v) is 10.7. The second-order valence-electron chi connectivity index (χ2n) is 4.65. The van der Waals surface area contributed by atoms with Gasteiger partial charge in [0, 0.05) is 12.6 Å². The molecule has 0 spiro atoms. The van der Waals surface area contributed by atoms with Crippen LogP contribution in [0.2, 0.25) is 0 Å². The lowest BCUT2D eigenvalue weighted by atomic mass is 10.1. The second kappa shape index (κ2) is 5.69. The van der Waals surface area contributed by atoms with Crippen molar-refractivity contribution in [3.8, 4) is 6.07 Å². The predicted octanol–water partition coefficient (Wildman–Crippen LogP) is 1.43. The van der Waals surface area contributed by atoms with Crippen LogP contribution in [0.25, 0.3) is 0 Å². The van der Waals surface area contributed by atoms with Gasteiger partial charge in [-0.15, -0.1) is 0 Å². The number of likely N-dealkylation sites (N-methyl/N-ethyl adjacent to an activating group) is 1. The Kier molecular flexibility index (Phi) is 4.00. The Morgan fingerprint density at radius 1 is 1.67 bits per heavy atom. The van der Waals surface area contributed by atoms with E-state index in [2.05, 4.69) is 28.2 Å². The number of rotatable bonds is 3. The Balaban J connectivity index is 2.07. The zero-order chi connectivity index (χ0) is 13.0. The zero-order valence-electron chi connectivity index (χ0n) is 10.7. The number of hydrogen-bond acceptors (Lipinski definition) is 5. The summed E-state index contributed by atoms with van der Waals surface area (Å²) in [5.74, 6) is 0.648. The van der Waals surface area contributed by atoms with E-state index in [0.717, 1.165) is 26.1 Å². The molecule has 5 nitrogen and oxygen atoms in total. The first-order valence-corrected chi connectivity index (χ1v) is 6.37. The van der Waals surface area contributed by atoms with Gasteiger partial charge in [0.05, 0.1) is 17.4 Å². The molecule has 1 aliphatic heterocycles. The van der Waals surface area contributed by atoms with Crippen LogP contribution in [0.1, 0.15) is 25.3 Å². The fraction of sp³-hybridized carbons (Fsp3) is 0.538. The van der Waals surface area contributed by atoms with Gasteiger partial charge in [-0.05, 0) is 32.0 Å². The number of pyridine rings is 1. The van der Waals surface area contributed by atoms with Crippen LogP contribution in [0, 0.1) is 11.3 Å². The molecule has 3 N–H and O–H groups in total. The third-order valence-corrected chi connectivity index (χ3v) is 3.32. The first-order valence-electron chi connectivity index (χ1n) is 6.37. The molecular weight excluding hydrogens is 226 g/mol. The van der Waals surface area contributed by atoms with Gasteiger partial charge < -0.3 is 16.0 Å². The summed E-state index contributed by atoms with van der Waals surface area (Å²) >= 11 is 0. The summed E-state index contributed by atoms with van der Waals surface area (Å²) in [7, 11) is 0. The molecule has 0 saturated carbocycles. The van der Waals surface area contributed by atoms with Gasteiger partial charge >= 0.3 is 0 Å². The van der Waals surface area contributed by atoms with Crippen LogP contribution in [-0.4, -0.2) is 35.6 Å². The number of nitrogens with one attached hydrogen (secondary N) is 1. The van der Waals surface area contributed by atoms with Gasteiger partial charge in [0.2, 0.25) is 0 Å². The number of nitrogens with zero attached hydrogens (tertiary/aromatic N) is 3. The smallest absolute Gasteiger partial charge is 0.144 e. The van der Waals surface area contributed by atoms with E-state index < -0.39 is 0 Å². The minimum Gasteiger partial charge on any atom is -0.397 e. The van der Waals surface area contributed by atoms with Crippen molar-refractivity contribution in [2.24, 2.45) is 0 Å². The molecule has 1 fully saturated rings. The van der Waals surface area contributed by atoms with E-state index in [1.807, 2.05) is 0 Å². The molecular formula is C13H19N5. The first-order chi connectivity index (χ1) is 8.72. The van der Waals surface area contributed by atoms with E-state index in [9.17, 15) is 0 Å². The number of likely N-dealkylation sites (tertiary alicyclic amines) is 1. The third kappa shape index (κ3) is 2.90. The number of nitrogens with two attached hydrogens (primary N) is 1. The topological polar surface area (TPSA) is 78.0 Å². The SMILES string of the molecule is CCN1CCCC(Nc2ncc(N)cc2C#N)C1. The van der Waals surface area contributed by atoms with Gasteiger partial charge in [-0.2, -0.15) is 5.26 Å². The molecule has 1 aromatic rings. The minimum absolute atomic E-state index is 0.363. The van der Waals surface area contributed by atoms with Crippen LogP contribution in [0.4, 0.5) is 11.5 Å². The average Bonchev–Trinajstić information content (AvgIpc) is 2.41. The van der Waals surface area contributed by atoms with Crippen molar-refractivity contribution in [3.05, 3.63) is 17.8 Å². The summed E-state index contributed by atoms with van der Waals surface area (Å²) in [5, 5.41) is 12.4. The summed E-state index contributed by atoms with van der Waals surface area (Å²) in [6.45, 7) is 5.41. The van der Waals surface area contributed by atoms with E-state index in [4.69, 9.17) is 11.0 Å². The quantitative estimate of drug-likeness (QED) is 0.842. The number of anilines is 2. The molecule has 1 aromatic heterocycles. The van der Waals surface area contributed by atoms with Gasteiger partial charge in [0.1, 0.15) is 11.9 Å². The summed E-state index contributed by atoms with van der Waals surface area (Å²) in [6.07, 6.45) is 3.89. The number of aromatic nitrogens is 1. The molecule has 2 heterocycles. The molecule has 1 atom stereocenters. The Morgan fingerprint density at radius 3 is 3.22 bits per heavy atom. The van der Waals surface area contributed by atoms with Gasteiger partial charge in [0.25, 0.3) is 0 Å². The van der Waals surface area contributed by atoms with Gasteiger partial charge in [0.15, 0.2) is 0 Å². The highest BCUT2D eigenvalue weighted by atomic mass is 15.2. The highest BCUT2D eigenvalue weighted by molar-refractivity contribution is 5.57. The molecule has 0 radical (unpaired) electrons. The van der Waals surface area contributed by atoms with E-state index in [0.29, 0.717) is 23.1 Å². The highest BCUT2D eigenvalue weighted by Gasteiger charge is 2.19. The molecule has 0 amide bonds. The normalized spacial score (nSPS) is 20.3. The van der Waals surface area contributed by atoms with Gasteiger partial charge in [-0.25, -0.2) is 4.98 Å². The summed E-state index contributed by atoms with van der Waals surface area (Å²) in [6, 6.07) is 4.16. The molecule has 0 aliphatic carbocycles. The van der Waals surface area contributed by atoms with Crippen LogP contribution in [0.15, 0.2) is 12.3 Å². The largest absolute Gasteiger partial charge is 0.397 e. The van der Waals surface area contributed by atoms with E-state index in [1.165, 1.54) is 6.42 Å². The van der Waals surface area contributed by atoms with Crippen molar-refractivity contribution < 1.29 is 0 Å². The summed E-state index contributed by atoms with van der Waals surface area (Å²) in [5.41, 5.74) is 6.67. The molecule has 2 rings (SSSR count). The monoisotopic (exact) mass is 245 g/mol. The Hall–Kier alpha value is -1.80. The van der Waals surface area contributed by atoms with Crippen LogP contribution < -0.4 is 11.1 Å². The Labute approximate surface area is 108 Å². The third-order valence-electron chi connectivity index (χ3n) is 3.32. The molecule has 18 heavy (non-hydrogen) atoms. The summed E-state index contributed by atoms with van der Waals surface area (Å²) in [4.78, 5) is 6.62. The molecule has 1 aliphatic rings. The first kappa shape index (κ1) is 12.7. The fourth-order valence-electron chi connectivity index (χ4n) is 2.34.